The summed E-state index contributed by atoms with van der Waals surface area (Å²) >= 11 is 11.6. The Morgan fingerprint density at radius 1 is 1.30 bits per heavy atom. The molecule has 4 nitrogen and oxygen atoms in total. The van der Waals surface area contributed by atoms with Gasteiger partial charge >= 0.3 is 0 Å². The van der Waals surface area contributed by atoms with Gasteiger partial charge in [-0.25, -0.2) is 0 Å². The van der Waals surface area contributed by atoms with Crippen LogP contribution in [0.2, 0.25) is 10.0 Å². The van der Waals surface area contributed by atoms with E-state index in [0.29, 0.717) is 22.2 Å². The molecular weight excluding hydrogens is 301 g/mol. The van der Waals surface area contributed by atoms with Gasteiger partial charge in [0.1, 0.15) is 11.3 Å². The number of aliphatic hydroxyl groups is 1. The van der Waals surface area contributed by atoms with Crippen molar-refractivity contribution in [2.75, 3.05) is 5.32 Å². The molecule has 0 fully saturated rings. The molecule has 1 aliphatic rings. The summed E-state index contributed by atoms with van der Waals surface area (Å²) in [6.07, 6.45) is 0.587. The van der Waals surface area contributed by atoms with Crippen LogP contribution in [-0.2, 0) is 9.59 Å². The summed E-state index contributed by atoms with van der Waals surface area (Å²) in [5.41, 5.74) is 0.241. The van der Waals surface area contributed by atoms with Crippen LogP contribution in [-0.4, -0.2) is 16.8 Å². The number of Topliss-reactive ketones (excluding diaryl/α,β-unsaturated/α-hetero) is 1. The fourth-order valence-corrected chi connectivity index (χ4v) is 2.41. The number of rotatable bonds is 2. The van der Waals surface area contributed by atoms with E-state index >= 15 is 0 Å². The number of ketones is 1. The lowest BCUT2D eigenvalue weighted by Crippen LogP contribution is -2.27. The molecular formula is C14H13Cl2NO3. The molecule has 0 saturated heterocycles. The molecule has 1 unspecified atom stereocenters. The molecule has 0 aliphatic heterocycles. The molecule has 1 aromatic rings. The molecule has 2 rings (SSSR count). The van der Waals surface area contributed by atoms with Crippen LogP contribution in [0.25, 0.3) is 0 Å². The van der Waals surface area contributed by atoms with Crippen LogP contribution in [0, 0.1) is 5.92 Å². The van der Waals surface area contributed by atoms with Gasteiger partial charge in [-0.05, 0) is 24.1 Å². The van der Waals surface area contributed by atoms with Gasteiger partial charge in [0, 0.05) is 18.5 Å². The predicted octanol–water partition coefficient (Wildman–Crippen LogP) is 3.74. The SMILES string of the molecule is CC1CC(=O)C(C(=O)Nc2ccc(Cl)c(Cl)c2)=C(O)C1. The first-order valence-corrected chi connectivity index (χ1v) is 6.85. The summed E-state index contributed by atoms with van der Waals surface area (Å²) in [5, 5.41) is 13.0. The Labute approximate surface area is 126 Å². The van der Waals surface area contributed by atoms with Crippen molar-refractivity contribution in [1.29, 1.82) is 0 Å². The molecule has 1 aliphatic carbocycles. The van der Waals surface area contributed by atoms with Crippen LogP contribution in [0.1, 0.15) is 19.8 Å². The van der Waals surface area contributed by atoms with Gasteiger partial charge in [-0.3, -0.25) is 9.59 Å². The summed E-state index contributed by atoms with van der Waals surface area (Å²) in [5.74, 6) is -1.09. The Kier molecular flexibility index (Phi) is 4.35. The summed E-state index contributed by atoms with van der Waals surface area (Å²) in [6.45, 7) is 1.85. The van der Waals surface area contributed by atoms with Gasteiger partial charge in [0.05, 0.1) is 10.0 Å². The summed E-state index contributed by atoms with van der Waals surface area (Å²) in [4.78, 5) is 23.9. The molecule has 0 bridgehead atoms. The zero-order valence-electron chi connectivity index (χ0n) is 10.7. The number of allylic oxidation sites excluding steroid dienone is 1. The van der Waals surface area contributed by atoms with E-state index in [1.54, 1.807) is 12.1 Å². The fourth-order valence-electron chi connectivity index (χ4n) is 2.11. The van der Waals surface area contributed by atoms with Crippen molar-refractivity contribution in [3.05, 3.63) is 39.6 Å². The molecule has 106 valence electrons. The number of benzene rings is 1. The quantitative estimate of drug-likeness (QED) is 0.817. The highest BCUT2D eigenvalue weighted by Crippen LogP contribution is 2.28. The first-order valence-electron chi connectivity index (χ1n) is 6.10. The maximum atomic E-state index is 12.1. The lowest BCUT2D eigenvalue weighted by molar-refractivity contribution is -0.121. The third-order valence-corrected chi connectivity index (χ3v) is 3.79. The lowest BCUT2D eigenvalue weighted by atomic mass is 9.88. The number of hydrogen-bond acceptors (Lipinski definition) is 3. The van der Waals surface area contributed by atoms with Gasteiger partial charge in [-0.1, -0.05) is 30.1 Å². The molecule has 6 heteroatoms. The monoisotopic (exact) mass is 313 g/mol. The Balaban J connectivity index is 2.21. The highest BCUT2D eigenvalue weighted by Gasteiger charge is 2.30. The third kappa shape index (κ3) is 3.14. The number of amides is 1. The van der Waals surface area contributed by atoms with Crippen LogP contribution < -0.4 is 5.32 Å². The van der Waals surface area contributed by atoms with Crippen LogP contribution in [0.3, 0.4) is 0 Å². The second-order valence-electron chi connectivity index (χ2n) is 4.84. The van der Waals surface area contributed by atoms with Crippen LogP contribution in [0.15, 0.2) is 29.5 Å². The van der Waals surface area contributed by atoms with E-state index in [-0.39, 0.29) is 29.5 Å². The molecule has 0 radical (unpaired) electrons. The van der Waals surface area contributed by atoms with Gasteiger partial charge in [-0.15, -0.1) is 0 Å². The molecule has 0 heterocycles. The largest absolute Gasteiger partial charge is 0.511 e. The first kappa shape index (κ1) is 14.9. The van der Waals surface area contributed by atoms with Crippen molar-refractivity contribution >= 4 is 40.6 Å². The van der Waals surface area contributed by atoms with Gasteiger partial charge in [0.15, 0.2) is 5.78 Å². The number of nitrogens with one attached hydrogen (secondary N) is 1. The lowest BCUT2D eigenvalue weighted by Gasteiger charge is -2.19. The molecule has 20 heavy (non-hydrogen) atoms. The Hall–Kier alpha value is -1.52. The van der Waals surface area contributed by atoms with E-state index in [0.717, 1.165) is 0 Å². The molecule has 0 aromatic heterocycles. The minimum atomic E-state index is -0.627. The maximum Gasteiger partial charge on any atom is 0.262 e. The van der Waals surface area contributed by atoms with Gasteiger partial charge in [0.25, 0.3) is 5.91 Å². The minimum absolute atomic E-state index is 0.0454. The smallest absolute Gasteiger partial charge is 0.262 e. The summed E-state index contributed by atoms with van der Waals surface area (Å²) < 4.78 is 0. The fraction of sp³-hybridized carbons (Fsp3) is 0.286. The van der Waals surface area contributed by atoms with Crippen LogP contribution in [0.5, 0.6) is 0 Å². The Morgan fingerprint density at radius 2 is 2.00 bits per heavy atom. The molecule has 0 saturated carbocycles. The van der Waals surface area contributed by atoms with E-state index in [4.69, 9.17) is 23.2 Å². The number of aliphatic hydroxyl groups excluding tert-OH is 1. The first-order chi connectivity index (χ1) is 9.38. The van der Waals surface area contributed by atoms with E-state index in [1.165, 1.54) is 6.07 Å². The molecule has 1 amide bonds. The van der Waals surface area contributed by atoms with Crippen molar-refractivity contribution in [3.8, 4) is 0 Å². The topological polar surface area (TPSA) is 66.4 Å². The summed E-state index contributed by atoms with van der Waals surface area (Å²) in [6, 6.07) is 4.59. The number of hydrogen-bond donors (Lipinski definition) is 2. The maximum absolute atomic E-state index is 12.1. The highest BCUT2D eigenvalue weighted by atomic mass is 35.5. The average Bonchev–Trinajstić information content (AvgIpc) is 2.32. The van der Waals surface area contributed by atoms with Gasteiger partial charge in [0.2, 0.25) is 0 Å². The number of anilines is 1. The molecule has 1 aromatic carbocycles. The second-order valence-corrected chi connectivity index (χ2v) is 5.66. The molecule has 0 spiro atoms. The van der Waals surface area contributed by atoms with Crippen molar-refractivity contribution in [2.45, 2.75) is 19.8 Å². The van der Waals surface area contributed by atoms with E-state index in [1.807, 2.05) is 6.92 Å². The molecule has 1 atom stereocenters. The van der Waals surface area contributed by atoms with E-state index < -0.39 is 5.91 Å². The van der Waals surface area contributed by atoms with Crippen molar-refractivity contribution < 1.29 is 14.7 Å². The zero-order valence-corrected chi connectivity index (χ0v) is 12.3. The zero-order chi connectivity index (χ0) is 14.9. The van der Waals surface area contributed by atoms with Gasteiger partial charge in [-0.2, -0.15) is 0 Å². The predicted molar refractivity (Wildman–Crippen MR) is 78.2 cm³/mol. The number of halogens is 2. The van der Waals surface area contributed by atoms with Crippen molar-refractivity contribution in [3.63, 3.8) is 0 Å². The van der Waals surface area contributed by atoms with Crippen molar-refractivity contribution in [1.82, 2.24) is 0 Å². The summed E-state index contributed by atoms with van der Waals surface area (Å²) in [7, 11) is 0. The standard InChI is InChI=1S/C14H13Cl2NO3/c1-7-4-11(18)13(12(19)5-7)14(20)17-8-2-3-9(15)10(16)6-8/h2-3,6-7,18H,4-5H2,1H3,(H,17,20). The highest BCUT2D eigenvalue weighted by molar-refractivity contribution is 6.42. The van der Waals surface area contributed by atoms with Crippen molar-refractivity contribution in [2.24, 2.45) is 5.92 Å². The third-order valence-electron chi connectivity index (χ3n) is 3.05. The van der Waals surface area contributed by atoms with Crippen LogP contribution >= 0.6 is 23.2 Å². The Morgan fingerprint density at radius 3 is 2.60 bits per heavy atom. The normalized spacial score (nSPS) is 19.1. The van der Waals surface area contributed by atoms with E-state index in [9.17, 15) is 14.7 Å². The number of carbonyl (C=O) groups excluding carboxylic acids is 2. The van der Waals surface area contributed by atoms with Gasteiger partial charge < -0.3 is 10.4 Å². The second kappa shape index (κ2) is 5.85. The average molecular weight is 314 g/mol. The number of carbonyl (C=O) groups is 2. The van der Waals surface area contributed by atoms with Crippen LogP contribution in [0.4, 0.5) is 5.69 Å². The molecule has 2 N–H and O–H groups in total. The minimum Gasteiger partial charge on any atom is -0.511 e. The van der Waals surface area contributed by atoms with E-state index in [2.05, 4.69) is 5.32 Å². The Bertz CT molecular complexity index is 610.